The van der Waals surface area contributed by atoms with E-state index in [9.17, 15) is 14.9 Å². The third-order valence-electron chi connectivity index (χ3n) is 4.82. The summed E-state index contributed by atoms with van der Waals surface area (Å²) in [5, 5.41) is 22.3. The summed E-state index contributed by atoms with van der Waals surface area (Å²) in [6, 6.07) is 13.4. The van der Waals surface area contributed by atoms with Crippen LogP contribution < -0.4 is 5.32 Å². The summed E-state index contributed by atoms with van der Waals surface area (Å²) in [6.07, 6.45) is 0.0165. The number of halogens is 2. The van der Waals surface area contributed by atoms with Gasteiger partial charge in [-0.15, -0.1) is 0 Å². The zero-order valence-electron chi connectivity index (χ0n) is 15.5. The van der Waals surface area contributed by atoms with Crippen LogP contribution in [-0.2, 0) is 4.74 Å². The quantitative estimate of drug-likeness (QED) is 0.821. The third kappa shape index (κ3) is 4.26. The van der Waals surface area contributed by atoms with Crippen LogP contribution in [0.25, 0.3) is 0 Å². The lowest BCUT2D eigenvalue weighted by molar-refractivity contribution is -0.0331. The maximum absolute atomic E-state index is 14.7. The summed E-state index contributed by atoms with van der Waals surface area (Å²) in [5.74, 6) is -0.382. The van der Waals surface area contributed by atoms with E-state index in [-0.39, 0.29) is 18.0 Å². The zero-order chi connectivity index (χ0) is 20.1. The molecule has 3 rings (SSSR count). The molecule has 2 atom stereocenters. The van der Waals surface area contributed by atoms with E-state index in [0.29, 0.717) is 53.6 Å². The Morgan fingerprint density at radius 1 is 1.25 bits per heavy atom. The molecule has 2 unspecified atom stereocenters. The number of ether oxygens (including phenoxy) is 1. The van der Waals surface area contributed by atoms with E-state index in [1.807, 2.05) is 6.92 Å². The predicted molar refractivity (Wildman–Crippen MR) is 105 cm³/mol. The van der Waals surface area contributed by atoms with Crippen LogP contribution in [0, 0.1) is 28.5 Å². The molecule has 1 aliphatic rings. The van der Waals surface area contributed by atoms with Crippen molar-refractivity contribution in [1.29, 1.82) is 10.5 Å². The fraction of sp³-hybridized carbons (Fsp3) is 0.333. The molecular weight excluding hydrogens is 379 g/mol. The molecule has 1 fully saturated rings. The number of morpholine rings is 1. The summed E-state index contributed by atoms with van der Waals surface area (Å²) < 4.78 is 20.3. The highest BCUT2D eigenvalue weighted by Gasteiger charge is 2.29. The van der Waals surface area contributed by atoms with Gasteiger partial charge in [-0.3, -0.25) is 4.90 Å². The Kier molecular flexibility index (Phi) is 6.49. The van der Waals surface area contributed by atoms with Gasteiger partial charge in [-0.1, -0.05) is 23.7 Å². The van der Waals surface area contributed by atoms with Gasteiger partial charge >= 0.3 is 0 Å². The van der Waals surface area contributed by atoms with Gasteiger partial charge in [0.25, 0.3) is 0 Å². The van der Waals surface area contributed by atoms with Crippen molar-refractivity contribution in [2.24, 2.45) is 0 Å². The number of anilines is 1. The number of nitriles is 2. The van der Waals surface area contributed by atoms with Gasteiger partial charge in [0, 0.05) is 30.2 Å². The van der Waals surface area contributed by atoms with Crippen molar-refractivity contribution in [1.82, 2.24) is 4.90 Å². The van der Waals surface area contributed by atoms with Crippen molar-refractivity contribution >= 4 is 17.3 Å². The minimum Gasteiger partial charge on any atom is -0.381 e. The van der Waals surface area contributed by atoms with Gasteiger partial charge in [0.15, 0.2) is 0 Å². The number of hydrogen-bond acceptors (Lipinski definition) is 5. The van der Waals surface area contributed by atoms with Crippen LogP contribution in [0.1, 0.15) is 29.7 Å². The molecule has 0 amide bonds. The highest BCUT2D eigenvalue weighted by atomic mass is 35.5. The molecule has 2 aromatic rings. The third-order valence-corrected chi connectivity index (χ3v) is 5.15. The van der Waals surface area contributed by atoms with Crippen molar-refractivity contribution in [3.05, 3.63) is 63.9 Å². The van der Waals surface area contributed by atoms with Crippen LogP contribution in [0.3, 0.4) is 0 Å². The fourth-order valence-electron chi connectivity index (χ4n) is 3.50. The second kappa shape index (κ2) is 9.03. The molecule has 1 N–H and O–H groups in total. The maximum atomic E-state index is 14.7. The Morgan fingerprint density at radius 3 is 2.54 bits per heavy atom. The molecule has 0 aliphatic carbocycles. The topological polar surface area (TPSA) is 72.1 Å². The number of para-hydroxylation sites is 1. The van der Waals surface area contributed by atoms with E-state index in [1.165, 1.54) is 6.07 Å². The Hall–Kier alpha value is -2.64. The normalized spacial score (nSPS) is 18.1. The monoisotopic (exact) mass is 398 g/mol. The maximum Gasteiger partial charge on any atom is 0.129 e. The standard InChI is InChI=1S/C21H20ClFN4O/c1-14-13-27(8-9-28-14)19(20-17(22)6-3-7-18(20)23)12-26-21-15(10-24)4-2-5-16(21)11-25/h2-7,14,19,26H,8-9,12-13H2,1H3. The van der Waals surface area contributed by atoms with E-state index in [4.69, 9.17) is 16.3 Å². The molecule has 28 heavy (non-hydrogen) atoms. The van der Waals surface area contributed by atoms with Crippen molar-refractivity contribution in [2.45, 2.75) is 19.1 Å². The fourth-order valence-corrected chi connectivity index (χ4v) is 3.79. The molecule has 0 bridgehead atoms. The molecule has 1 saturated heterocycles. The van der Waals surface area contributed by atoms with Crippen molar-refractivity contribution < 1.29 is 9.13 Å². The zero-order valence-corrected chi connectivity index (χ0v) is 16.2. The molecule has 0 spiro atoms. The van der Waals surface area contributed by atoms with Gasteiger partial charge in [-0.2, -0.15) is 10.5 Å². The SMILES string of the molecule is CC1CN(C(CNc2c(C#N)cccc2C#N)c2c(F)cccc2Cl)CCO1. The molecule has 7 heteroatoms. The largest absolute Gasteiger partial charge is 0.381 e. The van der Waals surface area contributed by atoms with Crippen LogP contribution in [-0.4, -0.2) is 37.2 Å². The minimum atomic E-state index is -0.382. The van der Waals surface area contributed by atoms with E-state index < -0.39 is 0 Å². The Bertz CT molecular complexity index is 884. The first-order valence-electron chi connectivity index (χ1n) is 9.01. The lowest BCUT2D eigenvalue weighted by Gasteiger charge is -2.38. The van der Waals surface area contributed by atoms with Crippen molar-refractivity contribution in [2.75, 3.05) is 31.6 Å². The molecule has 0 radical (unpaired) electrons. The molecule has 1 heterocycles. The molecule has 0 saturated carbocycles. The second-order valence-corrected chi connectivity index (χ2v) is 7.07. The first kappa shape index (κ1) is 20.1. The lowest BCUT2D eigenvalue weighted by atomic mass is 10.0. The molecule has 0 aromatic heterocycles. The highest BCUT2D eigenvalue weighted by Crippen LogP contribution is 2.32. The summed E-state index contributed by atoms with van der Waals surface area (Å²) >= 11 is 6.35. The average molecular weight is 399 g/mol. The molecule has 2 aromatic carbocycles. The summed E-state index contributed by atoms with van der Waals surface area (Å²) in [5.41, 5.74) is 1.59. The minimum absolute atomic E-state index is 0.0165. The van der Waals surface area contributed by atoms with Gasteiger partial charge < -0.3 is 10.1 Å². The van der Waals surface area contributed by atoms with Crippen LogP contribution in [0.15, 0.2) is 36.4 Å². The van der Waals surface area contributed by atoms with Crippen molar-refractivity contribution in [3.63, 3.8) is 0 Å². The first-order chi connectivity index (χ1) is 13.5. The van der Waals surface area contributed by atoms with Gasteiger partial charge in [-0.05, 0) is 31.2 Å². The van der Waals surface area contributed by atoms with Crippen LogP contribution >= 0.6 is 11.6 Å². The number of rotatable bonds is 5. The number of hydrogen-bond donors (Lipinski definition) is 1. The second-order valence-electron chi connectivity index (χ2n) is 6.66. The molecule has 144 valence electrons. The van der Waals surface area contributed by atoms with E-state index in [1.54, 1.807) is 30.3 Å². The predicted octanol–water partition coefficient (Wildman–Crippen LogP) is 4.10. The summed E-state index contributed by atoms with van der Waals surface area (Å²) in [7, 11) is 0. The molecule has 1 aliphatic heterocycles. The average Bonchev–Trinajstić information content (AvgIpc) is 2.69. The number of benzene rings is 2. The summed E-state index contributed by atoms with van der Waals surface area (Å²) in [6.45, 7) is 4.06. The van der Waals surface area contributed by atoms with Gasteiger partial charge in [-0.25, -0.2) is 4.39 Å². The van der Waals surface area contributed by atoms with Crippen molar-refractivity contribution in [3.8, 4) is 12.1 Å². The van der Waals surface area contributed by atoms with Crippen LogP contribution in [0.4, 0.5) is 10.1 Å². The summed E-state index contributed by atoms with van der Waals surface area (Å²) in [4.78, 5) is 2.12. The van der Waals surface area contributed by atoms with E-state index in [0.717, 1.165) is 0 Å². The van der Waals surface area contributed by atoms with Gasteiger partial charge in [0.2, 0.25) is 0 Å². The molecular formula is C21H20ClFN4O. The van der Waals surface area contributed by atoms with E-state index >= 15 is 0 Å². The smallest absolute Gasteiger partial charge is 0.129 e. The molecule has 5 nitrogen and oxygen atoms in total. The van der Waals surface area contributed by atoms with Gasteiger partial charge in [0.1, 0.15) is 18.0 Å². The Morgan fingerprint density at radius 2 is 1.93 bits per heavy atom. The number of nitrogens with one attached hydrogen (secondary N) is 1. The van der Waals surface area contributed by atoms with Crippen LogP contribution in [0.2, 0.25) is 5.02 Å². The number of nitrogens with zero attached hydrogens (tertiary/aromatic N) is 3. The Balaban J connectivity index is 1.95. The van der Waals surface area contributed by atoms with Gasteiger partial charge in [0.05, 0.1) is 35.6 Å². The Labute approximate surface area is 168 Å². The van der Waals surface area contributed by atoms with Crippen LogP contribution in [0.5, 0.6) is 0 Å². The first-order valence-corrected chi connectivity index (χ1v) is 9.39. The highest BCUT2D eigenvalue weighted by molar-refractivity contribution is 6.31. The lowest BCUT2D eigenvalue weighted by Crippen LogP contribution is -2.45. The van der Waals surface area contributed by atoms with E-state index in [2.05, 4.69) is 22.4 Å².